The Bertz CT molecular complexity index is 565. The van der Waals surface area contributed by atoms with Gasteiger partial charge in [0.15, 0.2) is 0 Å². The molecule has 2 heteroatoms. The standard InChI is InChI=1S/C19H24FN/c1-4-17(15-9-7-6-8-10-15)19(21-5-2)16-11-12-18(20)14(3)13-16/h6-13,17,19,21H,4-5H2,1-3H3. The van der Waals surface area contributed by atoms with Crippen molar-refractivity contribution in [3.8, 4) is 0 Å². The second-order valence-corrected chi connectivity index (χ2v) is 5.47. The third-order valence-corrected chi connectivity index (χ3v) is 4.04. The number of hydrogen-bond acceptors (Lipinski definition) is 1. The number of halogens is 1. The van der Waals surface area contributed by atoms with Crippen LogP contribution in [-0.4, -0.2) is 6.54 Å². The number of aryl methyl sites for hydroxylation is 1. The Kier molecular flexibility index (Phi) is 5.51. The molecule has 2 aromatic rings. The predicted octanol–water partition coefficient (Wildman–Crippen LogP) is 4.98. The van der Waals surface area contributed by atoms with E-state index in [1.807, 2.05) is 25.1 Å². The SMILES string of the molecule is CCNC(c1ccc(F)c(C)c1)C(CC)c1ccccc1. The molecule has 0 aliphatic carbocycles. The molecule has 1 N–H and O–H groups in total. The highest BCUT2D eigenvalue weighted by atomic mass is 19.1. The van der Waals surface area contributed by atoms with E-state index in [1.165, 1.54) is 5.56 Å². The van der Waals surface area contributed by atoms with E-state index >= 15 is 0 Å². The minimum absolute atomic E-state index is 0.137. The Morgan fingerprint density at radius 1 is 1.00 bits per heavy atom. The van der Waals surface area contributed by atoms with E-state index in [4.69, 9.17) is 0 Å². The zero-order valence-corrected chi connectivity index (χ0v) is 13.1. The molecule has 0 amide bonds. The van der Waals surface area contributed by atoms with Crippen molar-refractivity contribution in [1.29, 1.82) is 0 Å². The fraction of sp³-hybridized carbons (Fsp3) is 0.368. The lowest BCUT2D eigenvalue weighted by atomic mass is 9.84. The summed E-state index contributed by atoms with van der Waals surface area (Å²) < 4.78 is 13.5. The predicted molar refractivity (Wildman–Crippen MR) is 87.0 cm³/mol. The molecule has 0 aromatic heterocycles. The summed E-state index contributed by atoms with van der Waals surface area (Å²) in [5, 5.41) is 3.57. The maximum absolute atomic E-state index is 13.5. The first-order valence-electron chi connectivity index (χ1n) is 7.71. The molecule has 0 aliphatic rings. The van der Waals surface area contributed by atoms with Gasteiger partial charge in [-0.3, -0.25) is 0 Å². The van der Waals surface area contributed by atoms with E-state index in [0.29, 0.717) is 11.5 Å². The fourth-order valence-electron chi connectivity index (χ4n) is 2.94. The molecule has 2 rings (SSSR count). The number of rotatable bonds is 6. The van der Waals surface area contributed by atoms with E-state index in [0.717, 1.165) is 18.5 Å². The molecular weight excluding hydrogens is 261 g/mol. The van der Waals surface area contributed by atoms with E-state index < -0.39 is 0 Å². The van der Waals surface area contributed by atoms with Crippen LogP contribution in [0.15, 0.2) is 48.5 Å². The van der Waals surface area contributed by atoms with Gasteiger partial charge in [0.2, 0.25) is 0 Å². The van der Waals surface area contributed by atoms with Gasteiger partial charge in [-0.25, -0.2) is 4.39 Å². The van der Waals surface area contributed by atoms with Crippen LogP contribution in [0.1, 0.15) is 48.9 Å². The molecule has 0 saturated heterocycles. The molecule has 21 heavy (non-hydrogen) atoms. The minimum Gasteiger partial charge on any atom is -0.310 e. The molecule has 2 aromatic carbocycles. The molecule has 0 bridgehead atoms. The topological polar surface area (TPSA) is 12.0 Å². The lowest BCUT2D eigenvalue weighted by Gasteiger charge is -2.28. The van der Waals surface area contributed by atoms with Gasteiger partial charge in [-0.1, -0.05) is 56.3 Å². The molecule has 1 nitrogen and oxygen atoms in total. The van der Waals surface area contributed by atoms with Crippen molar-refractivity contribution in [3.05, 3.63) is 71.0 Å². The van der Waals surface area contributed by atoms with Crippen LogP contribution in [0.3, 0.4) is 0 Å². The maximum Gasteiger partial charge on any atom is 0.126 e. The smallest absolute Gasteiger partial charge is 0.126 e. The second-order valence-electron chi connectivity index (χ2n) is 5.47. The fourth-order valence-corrected chi connectivity index (χ4v) is 2.94. The molecule has 2 unspecified atom stereocenters. The summed E-state index contributed by atoms with van der Waals surface area (Å²) in [6.07, 6.45) is 1.04. The largest absolute Gasteiger partial charge is 0.310 e. The van der Waals surface area contributed by atoms with Crippen molar-refractivity contribution in [3.63, 3.8) is 0 Å². The number of hydrogen-bond donors (Lipinski definition) is 1. The van der Waals surface area contributed by atoms with Crippen molar-refractivity contribution in [2.45, 2.75) is 39.2 Å². The zero-order valence-electron chi connectivity index (χ0n) is 13.1. The molecule has 0 fully saturated rings. The first kappa shape index (κ1) is 15.7. The van der Waals surface area contributed by atoms with Gasteiger partial charge in [0.1, 0.15) is 5.82 Å². The first-order chi connectivity index (χ1) is 10.2. The van der Waals surface area contributed by atoms with Crippen molar-refractivity contribution < 1.29 is 4.39 Å². The quantitative estimate of drug-likeness (QED) is 0.789. The van der Waals surface area contributed by atoms with Gasteiger partial charge in [-0.2, -0.15) is 0 Å². The van der Waals surface area contributed by atoms with E-state index in [-0.39, 0.29) is 11.9 Å². The summed E-state index contributed by atoms with van der Waals surface area (Å²) in [4.78, 5) is 0. The van der Waals surface area contributed by atoms with Crippen LogP contribution < -0.4 is 5.32 Å². The summed E-state index contributed by atoms with van der Waals surface area (Å²) in [5.74, 6) is 0.248. The molecule has 0 saturated carbocycles. The minimum atomic E-state index is -0.137. The van der Waals surface area contributed by atoms with Crippen molar-refractivity contribution in [1.82, 2.24) is 5.32 Å². The normalized spacial score (nSPS) is 13.9. The Labute approximate surface area is 127 Å². The Morgan fingerprint density at radius 3 is 2.29 bits per heavy atom. The molecule has 0 spiro atoms. The Morgan fingerprint density at radius 2 is 1.71 bits per heavy atom. The number of nitrogens with one attached hydrogen (secondary N) is 1. The summed E-state index contributed by atoms with van der Waals surface area (Å²) >= 11 is 0. The molecule has 2 atom stereocenters. The van der Waals surface area contributed by atoms with Crippen LogP contribution in [-0.2, 0) is 0 Å². The molecule has 0 heterocycles. The molecular formula is C19H24FN. The highest BCUT2D eigenvalue weighted by Crippen LogP contribution is 2.34. The van der Waals surface area contributed by atoms with Crippen LogP contribution in [0, 0.1) is 12.7 Å². The van der Waals surface area contributed by atoms with E-state index in [2.05, 4.69) is 43.4 Å². The van der Waals surface area contributed by atoms with E-state index in [1.54, 1.807) is 6.07 Å². The van der Waals surface area contributed by atoms with E-state index in [9.17, 15) is 4.39 Å². The summed E-state index contributed by atoms with van der Waals surface area (Å²) in [6.45, 7) is 7.04. The van der Waals surface area contributed by atoms with Crippen LogP contribution in [0.25, 0.3) is 0 Å². The second kappa shape index (κ2) is 7.37. The van der Waals surface area contributed by atoms with Gasteiger partial charge in [0, 0.05) is 12.0 Å². The lowest BCUT2D eigenvalue weighted by Crippen LogP contribution is -2.27. The van der Waals surface area contributed by atoms with Crippen molar-refractivity contribution in [2.24, 2.45) is 0 Å². The Balaban J connectivity index is 2.38. The van der Waals surface area contributed by atoms with Gasteiger partial charge in [-0.15, -0.1) is 0 Å². The van der Waals surface area contributed by atoms with Gasteiger partial charge >= 0.3 is 0 Å². The van der Waals surface area contributed by atoms with Crippen LogP contribution >= 0.6 is 0 Å². The zero-order chi connectivity index (χ0) is 15.2. The van der Waals surface area contributed by atoms with Gasteiger partial charge in [-0.05, 0) is 42.6 Å². The molecule has 112 valence electrons. The van der Waals surface area contributed by atoms with Crippen LogP contribution in [0.4, 0.5) is 4.39 Å². The Hall–Kier alpha value is -1.67. The molecule has 0 aliphatic heterocycles. The van der Waals surface area contributed by atoms with Crippen LogP contribution in [0.5, 0.6) is 0 Å². The average Bonchev–Trinajstić information content (AvgIpc) is 2.51. The summed E-state index contributed by atoms with van der Waals surface area (Å²) in [7, 11) is 0. The first-order valence-corrected chi connectivity index (χ1v) is 7.71. The monoisotopic (exact) mass is 285 g/mol. The number of benzene rings is 2. The number of likely N-dealkylation sites (N-methyl/N-ethyl adjacent to an activating group) is 1. The average molecular weight is 285 g/mol. The highest BCUT2D eigenvalue weighted by Gasteiger charge is 2.22. The molecule has 0 radical (unpaired) electrons. The summed E-state index contributed by atoms with van der Waals surface area (Å²) in [6, 6.07) is 16.2. The third kappa shape index (κ3) is 3.70. The third-order valence-electron chi connectivity index (χ3n) is 4.04. The lowest BCUT2D eigenvalue weighted by molar-refractivity contribution is 0.444. The maximum atomic E-state index is 13.5. The van der Waals surface area contributed by atoms with Gasteiger partial charge < -0.3 is 5.32 Å². The van der Waals surface area contributed by atoms with Gasteiger partial charge in [0.05, 0.1) is 0 Å². The van der Waals surface area contributed by atoms with Crippen LogP contribution in [0.2, 0.25) is 0 Å². The van der Waals surface area contributed by atoms with Crippen molar-refractivity contribution >= 4 is 0 Å². The summed E-state index contributed by atoms with van der Waals surface area (Å²) in [5.41, 5.74) is 3.19. The van der Waals surface area contributed by atoms with Gasteiger partial charge in [0.25, 0.3) is 0 Å². The van der Waals surface area contributed by atoms with Crippen molar-refractivity contribution in [2.75, 3.05) is 6.54 Å². The highest BCUT2D eigenvalue weighted by molar-refractivity contribution is 5.31.